The van der Waals surface area contributed by atoms with Crippen molar-refractivity contribution >= 4 is 5.97 Å². The third-order valence-electron chi connectivity index (χ3n) is 4.60. The second kappa shape index (κ2) is 7.85. The number of carbonyl (C=O) groups is 1. The van der Waals surface area contributed by atoms with Crippen LogP contribution in [-0.2, 0) is 9.53 Å². The van der Waals surface area contributed by atoms with Crippen LogP contribution in [0, 0.1) is 0 Å². The van der Waals surface area contributed by atoms with Crippen LogP contribution in [0.4, 0.5) is 0 Å². The quantitative estimate of drug-likeness (QED) is 0.593. The molecule has 1 atom stereocenters. The second-order valence-corrected chi connectivity index (χ2v) is 5.95. The first-order chi connectivity index (χ1) is 9.03. The van der Waals surface area contributed by atoms with E-state index in [4.69, 9.17) is 4.74 Å². The molecule has 1 N–H and O–H groups in total. The Bertz CT molecular complexity index is 275. The van der Waals surface area contributed by atoms with Gasteiger partial charge in [-0.15, -0.1) is 0 Å². The fourth-order valence-electron chi connectivity index (χ4n) is 2.84. The van der Waals surface area contributed by atoms with Gasteiger partial charge in [-0.05, 0) is 40.3 Å². The van der Waals surface area contributed by atoms with E-state index in [1.54, 1.807) is 0 Å². The molecular weight excluding hydrogens is 240 g/mol. The summed E-state index contributed by atoms with van der Waals surface area (Å²) in [7, 11) is 5.46. The lowest BCUT2D eigenvalue weighted by molar-refractivity contribution is -0.148. The summed E-state index contributed by atoms with van der Waals surface area (Å²) < 4.78 is 4.88. The van der Waals surface area contributed by atoms with E-state index >= 15 is 0 Å². The smallest absolute Gasteiger partial charge is 0.325 e. The molecule has 0 radical (unpaired) electrons. The topological polar surface area (TPSA) is 41.6 Å². The molecule has 0 heterocycles. The van der Waals surface area contributed by atoms with Gasteiger partial charge in [-0.3, -0.25) is 4.79 Å². The van der Waals surface area contributed by atoms with Crippen molar-refractivity contribution in [3.05, 3.63) is 0 Å². The van der Waals surface area contributed by atoms with Gasteiger partial charge in [0.05, 0.1) is 7.11 Å². The van der Waals surface area contributed by atoms with Gasteiger partial charge in [0.2, 0.25) is 0 Å². The Labute approximate surface area is 117 Å². The molecule has 1 unspecified atom stereocenters. The zero-order chi connectivity index (χ0) is 14.3. The highest BCUT2D eigenvalue weighted by molar-refractivity contribution is 5.80. The number of carbonyl (C=O) groups excluding carboxylic acids is 1. The molecule has 0 aromatic heterocycles. The van der Waals surface area contributed by atoms with Crippen LogP contribution in [0.5, 0.6) is 0 Å². The molecule has 0 amide bonds. The van der Waals surface area contributed by atoms with E-state index in [0.29, 0.717) is 6.04 Å². The molecule has 0 spiro atoms. The highest BCUT2D eigenvalue weighted by Gasteiger charge is 2.33. The molecule has 112 valence electrons. The standard InChI is InChI=1S/C15H30N2O2/c1-15(16-2,14(18)19-4)11-12-17(3)13-9-7-5-6-8-10-13/h13,16H,5-12H2,1-4H3. The van der Waals surface area contributed by atoms with Crippen molar-refractivity contribution in [2.45, 2.75) is 63.5 Å². The predicted octanol–water partition coefficient (Wildman–Crippen LogP) is 2.18. The maximum absolute atomic E-state index is 11.8. The minimum absolute atomic E-state index is 0.177. The maximum atomic E-state index is 11.8. The minimum Gasteiger partial charge on any atom is -0.468 e. The van der Waals surface area contributed by atoms with Crippen molar-refractivity contribution < 1.29 is 9.53 Å². The zero-order valence-electron chi connectivity index (χ0n) is 13.0. The normalized spacial score (nSPS) is 20.9. The van der Waals surface area contributed by atoms with Gasteiger partial charge in [0.15, 0.2) is 0 Å². The number of ether oxygens (including phenoxy) is 1. The first-order valence-corrected chi connectivity index (χ1v) is 7.51. The highest BCUT2D eigenvalue weighted by Crippen LogP contribution is 2.22. The van der Waals surface area contributed by atoms with Gasteiger partial charge in [-0.1, -0.05) is 25.7 Å². The van der Waals surface area contributed by atoms with Crippen molar-refractivity contribution in [3.8, 4) is 0 Å². The van der Waals surface area contributed by atoms with Crippen LogP contribution < -0.4 is 5.32 Å². The third-order valence-corrected chi connectivity index (χ3v) is 4.60. The van der Waals surface area contributed by atoms with Crippen molar-refractivity contribution in [1.82, 2.24) is 10.2 Å². The summed E-state index contributed by atoms with van der Waals surface area (Å²) in [5, 5.41) is 3.10. The molecule has 19 heavy (non-hydrogen) atoms. The van der Waals surface area contributed by atoms with E-state index < -0.39 is 5.54 Å². The van der Waals surface area contributed by atoms with Crippen LogP contribution in [0.25, 0.3) is 0 Å². The number of nitrogens with zero attached hydrogens (tertiary/aromatic N) is 1. The summed E-state index contributed by atoms with van der Waals surface area (Å²) in [5.74, 6) is -0.177. The lowest BCUT2D eigenvalue weighted by Crippen LogP contribution is -2.50. The highest BCUT2D eigenvalue weighted by atomic mass is 16.5. The molecule has 4 heteroatoms. The molecule has 0 bridgehead atoms. The van der Waals surface area contributed by atoms with Crippen LogP contribution in [0.15, 0.2) is 0 Å². The number of nitrogens with one attached hydrogen (secondary N) is 1. The molecule has 1 aliphatic rings. The monoisotopic (exact) mass is 270 g/mol. The Kier molecular flexibility index (Phi) is 6.80. The minimum atomic E-state index is -0.576. The number of esters is 1. The Balaban J connectivity index is 2.46. The number of hydrogen-bond donors (Lipinski definition) is 1. The van der Waals surface area contributed by atoms with Gasteiger partial charge >= 0.3 is 5.97 Å². The summed E-state index contributed by atoms with van der Waals surface area (Å²) in [6, 6.07) is 0.682. The molecule has 1 fully saturated rings. The fraction of sp³-hybridized carbons (Fsp3) is 0.933. The maximum Gasteiger partial charge on any atom is 0.325 e. The summed E-state index contributed by atoms with van der Waals surface area (Å²) in [6.45, 7) is 2.84. The van der Waals surface area contributed by atoms with Crippen molar-refractivity contribution in [1.29, 1.82) is 0 Å². The third kappa shape index (κ3) is 4.77. The summed E-state index contributed by atoms with van der Waals surface area (Å²) in [4.78, 5) is 14.2. The zero-order valence-corrected chi connectivity index (χ0v) is 13.0. The summed E-state index contributed by atoms with van der Waals surface area (Å²) in [5.41, 5.74) is -0.576. The van der Waals surface area contributed by atoms with Gasteiger partial charge < -0.3 is 15.0 Å². The lowest BCUT2D eigenvalue weighted by atomic mass is 9.97. The Morgan fingerprint density at radius 3 is 2.37 bits per heavy atom. The van der Waals surface area contributed by atoms with Crippen LogP contribution >= 0.6 is 0 Å². The largest absolute Gasteiger partial charge is 0.468 e. The second-order valence-electron chi connectivity index (χ2n) is 5.95. The van der Waals surface area contributed by atoms with Crippen LogP contribution in [0.3, 0.4) is 0 Å². The molecule has 0 aromatic rings. The first kappa shape index (κ1) is 16.4. The van der Waals surface area contributed by atoms with Crippen molar-refractivity contribution in [2.75, 3.05) is 27.7 Å². The van der Waals surface area contributed by atoms with Crippen LogP contribution in [-0.4, -0.2) is 50.2 Å². The molecule has 4 nitrogen and oxygen atoms in total. The van der Waals surface area contributed by atoms with Gasteiger partial charge in [-0.2, -0.15) is 0 Å². The first-order valence-electron chi connectivity index (χ1n) is 7.51. The average molecular weight is 270 g/mol. The average Bonchev–Trinajstić information content (AvgIpc) is 2.72. The van der Waals surface area contributed by atoms with Gasteiger partial charge in [0, 0.05) is 12.6 Å². The van der Waals surface area contributed by atoms with Crippen LogP contribution in [0.1, 0.15) is 51.9 Å². The van der Waals surface area contributed by atoms with E-state index in [2.05, 4.69) is 17.3 Å². The van der Waals surface area contributed by atoms with Crippen LogP contribution in [0.2, 0.25) is 0 Å². The number of rotatable bonds is 6. The van der Waals surface area contributed by atoms with E-state index in [1.165, 1.54) is 45.6 Å². The molecule has 1 rings (SSSR count). The Morgan fingerprint density at radius 2 is 1.89 bits per heavy atom. The Hall–Kier alpha value is -0.610. The lowest BCUT2D eigenvalue weighted by Gasteiger charge is -2.32. The van der Waals surface area contributed by atoms with E-state index in [-0.39, 0.29) is 5.97 Å². The Morgan fingerprint density at radius 1 is 1.32 bits per heavy atom. The predicted molar refractivity (Wildman–Crippen MR) is 78.2 cm³/mol. The number of methoxy groups -OCH3 is 1. The van der Waals surface area contributed by atoms with Gasteiger partial charge in [-0.25, -0.2) is 0 Å². The SMILES string of the molecule is CNC(C)(CCN(C)C1CCCCCC1)C(=O)OC. The van der Waals surface area contributed by atoms with E-state index in [9.17, 15) is 4.79 Å². The van der Waals surface area contributed by atoms with Gasteiger partial charge in [0.1, 0.15) is 5.54 Å². The molecule has 1 saturated carbocycles. The fourth-order valence-corrected chi connectivity index (χ4v) is 2.84. The molecule has 0 aromatic carbocycles. The molecule has 0 aliphatic heterocycles. The van der Waals surface area contributed by atoms with Crippen molar-refractivity contribution in [3.63, 3.8) is 0 Å². The van der Waals surface area contributed by atoms with Crippen molar-refractivity contribution in [2.24, 2.45) is 0 Å². The van der Waals surface area contributed by atoms with E-state index in [1.807, 2.05) is 14.0 Å². The molecule has 1 aliphatic carbocycles. The van der Waals surface area contributed by atoms with E-state index in [0.717, 1.165) is 13.0 Å². The van der Waals surface area contributed by atoms with Gasteiger partial charge in [0.25, 0.3) is 0 Å². The summed E-state index contributed by atoms with van der Waals surface area (Å²) in [6.07, 6.45) is 8.81. The number of hydrogen-bond acceptors (Lipinski definition) is 4. The summed E-state index contributed by atoms with van der Waals surface area (Å²) >= 11 is 0. The number of likely N-dealkylation sites (N-methyl/N-ethyl adjacent to an activating group) is 1. The molecule has 0 saturated heterocycles. The molecular formula is C15H30N2O2.